The second-order valence-electron chi connectivity index (χ2n) is 5.08. The second-order valence-corrected chi connectivity index (χ2v) is 5.08. The van der Waals surface area contributed by atoms with E-state index in [-0.39, 0.29) is 43.7 Å². The Bertz CT molecular complexity index is 307. The molecule has 0 aromatic rings. The summed E-state index contributed by atoms with van der Waals surface area (Å²) in [4.78, 5) is 10.3. The Morgan fingerprint density at radius 3 is 1.78 bits per heavy atom. The smallest absolute Gasteiger partial charge is 0.303 e. The molecule has 2 nitrogen and oxygen atoms in total. The van der Waals surface area contributed by atoms with Crippen LogP contribution in [0.15, 0.2) is 36.5 Å². The van der Waals surface area contributed by atoms with Gasteiger partial charge in [0.2, 0.25) is 0 Å². The van der Waals surface area contributed by atoms with Crippen molar-refractivity contribution in [3.8, 4) is 0 Å². The maximum atomic E-state index is 10.3. The first-order valence-electron chi connectivity index (χ1n) is 7.97. The molecule has 0 unspecified atom stereocenters. The number of hydrogen-bond acceptors (Lipinski definition) is 1. The summed E-state index contributed by atoms with van der Waals surface area (Å²) in [7, 11) is 0. The average Bonchev–Trinajstić information content (AvgIpc) is 2.43. The Morgan fingerprint density at radius 2 is 1.26 bits per heavy atom. The molecule has 0 atom stereocenters. The molecule has 0 aliphatic heterocycles. The Labute approximate surface area is 160 Å². The Kier molecular flexibility index (Phi) is 34.7. The van der Waals surface area contributed by atoms with Gasteiger partial charge in [-0.1, -0.05) is 75.5 Å². The Hall–Kier alpha value is -0.570. The van der Waals surface area contributed by atoms with E-state index in [0.29, 0.717) is 6.42 Å². The minimum absolute atomic E-state index is 0. The van der Waals surface area contributed by atoms with E-state index in [4.69, 9.17) is 5.11 Å². The molecule has 0 amide bonds. The number of carboxylic acids is 1. The van der Waals surface area contributed by atoms with Gasteiger partial charge in [-0.15, -0.1) is 0 Å². The number of unbranched alkanes of at least 4 members (excludes halogenated alkanes) is 7. The Morgan fingerprint density at radius 1 is 0.783 bits per heavy atom. The van der Waals surface area contributed by atoms with Crippen LogP contribution in [0.3, 0.4) is 0 Å². The number of aliphatic carboxylic acids is 1. The van der Waals surface area contributed by atoms with Crippen LogP contribution in [0.2, 0.25) is 0 Å². The van der Waals surface area contributed by atoms with E-state index in [9.17, 15) is 4.79 Å². The van der Waals surface area contributed by atoms with Gasteiger partial charge in [-0.25, -0.2) is 0 Å². The molecule has 0 aromatic heterocycles. The van der Waals surface area contributed by atoms with Gasteiger partial charge in [0.25, 0.3) is 0 Å². The van der Waals surface area contributed by atoms with Crippen molar-refractivity contribution in [2.24, 2.45) is 0 Å². The fourth-order valence-corrected chi connectivity index (χ4v) is 1.89. The van der Waals surface area contributed by atoms with E-state index in [1.165, 1.54) is 44.9 Å². The second kappa shape index (κ2) is 26.3. The van der Waals surface area contributed by atoms with Gasteiger partial charge in [0.1, 0.15) is 0 Å². The van der Waals surface area contributed by atoms with Gasteiger partial charge in [-0.2, -0.15) is 0 Å². The molecule has 0 bridgehead atoms. The zero-order chi connectivity index (χ0) is 14.9. The minimum Gasteiger partial charge on any atom is -0.481 e. The average molecular weight is 416 g/mol. The van der Waals surface area contributed by atoms with Gasteiger partial charge in [0.15, 0.2) is 0 Å². The summed E-state index contributed by atoms with van der Waals surface area (Å²) < 4.78 is 0. The zero-order valence-electron chi connectivity index (χ0n) is 15.2. The molecular weight excluding hydrogens is 380 g/mol. The third-order valence-corrected chi connectivity index (χ3v) is 3.09. The maximum Gasteiger partial charge on any atom is 0.303 e. The topological polar surface area (TPSA) is 37.3 Å². The molecule has 0 rings (SSSR count). The van der Waals surface area contributed by atoms with Crippen LogP contribution >= 0.6 is 0 Å². The third kappa shape index (κ3) is 30.0. The van der Waals surface area contributed by atoms with Gasteiger partial charge in [0.05, 0.1) is 0 Å². The van der Waals surface area contributed by atoms with Gasteiger partial charge in [0, 0.05) is 28.8 Å². The fraction of sp³-hybridized carbons (Fsp3) is 0.550. The first-order chi connectivity index (χ1) is 9.77. The molecule has 0 aliphatic carbocycles. The molecule has 23 heavy (non-hydrogen) atoms. The van der Waals surface area contributed by atoms with Crippen LogP contribution in [0.1, 0.15) is 71.1 Å². The molecule has 1 N–H and O–H groups in total. The number of carboxylic acid groups (broad SMARTS) is 1. The molecule has 0 aliphatic rings. The third-order valence-electron chi connectivity index (χ3n) is 3.09. The summed E-state index contributed by atoms with van der Waals surface area (Å²) in [6.45, 7) is 2.25. The minimum atomic E-state index is -0.716. The van der Waals surface area contributed by atoms with Crippen molar-refractivity contribution in [2.75, 3.05) is 0 Å². The molecule has 3 heteroatoms. The molecule has 0 heterocycles. The fourth-order valence-electron chi connectivity index (χ4n) is 1.89. The number of rotatable bonds is 13. The van der Waals surface area contributed by atoms with E-state index >= 15 is 0 Å². The molecule has 0 spiro atoms. The molecule has 0 saturated heterocycles. The molecule has 0 fully saturated rings. The van der Waals surface area contributed by atoms with E-state index < -0.39 is 5.97 Å². The van der Waals surface area contributed by atoms with Crippen LogP contribution < -0.4 is 0 Å². The van der Waals surface area contributed by atoms with Gasteiger partial charge < -0.3 is 20.0 Å². The molecule has 1 radical (unpaired) electrons. The van der Waals surface area contributed by atoms with Crippen LogP contribution in [-0.4, -0.2) is 11.1 Å². The van der Waals surface area contributed by atoms with E-state index in [1.54, 1.807) is 0 Å². The summed E-state index contributed by atoms with van der Waals surface area (Å²) in [6, 6.07) is 0. The predicted molar refractivity (Wildman–Crippen MR) is 99.7 cm³/mol. The zero-order valence-corrected chi connectivity index (χ0v) is 16.7. The molecule has 0 aromatic carbocycles. The van der Waals surface area contributed by atoms with Crippen LogP contribution in [0.4, 0.5) is 0 Å². The standard InChI is InChI=1S/C18H30O2.2CH3.Ag/c1-2-3-4-5-6-7-8-9-10-11-12-13-14-15-16-17-18(19)20;;;/h9-14H,2-8,15-17H2,1H3,(H,19,20);2*1H3;/q;2*-1;/b10-9-,12-11+,14-13+;;;. The molecular formula is C20H36AgO2-2. The first kappa shape index (κ1) is 30.3. The first-order valence-corrected chi connectivity index (χ1v) is 7.97. The van der Waals surface area contributed by atoms with E-state index in [0.717, 1.165) is 6.42 Å². The van der Waals surface area contributed by atoms with Crippen LogP contribution in [0.25, 0.3) is 0 Å². The van der Waals surface area contributed by atoms with Crippen molar-refractivity contribution in [3.63, 3.8) is 0 Å². The van der Waals surface area contributed by atoms with E-state index in [2.05, 4.69) is 19.1 Å². The van der Waals surface area contributed by atoms with Gasteiger partial charge >= 0.3 is 5.97 Å². The number of hydrogen-bond donors (Lipinski definition) is 1. The summed E-state index contributed by atoms with van der Waals surface area (Å²) >= 11 is 0. The summed E-state index contributed by atoms with van der Waals surface area (Å²) in [5, 5.41) is 8.47. The largest absolute Gasteiger partial charge is 0.481 e. The number of carbonyl (C=O) groups is 1. The van der Waals surface area contributed by atoms with Gasteiger partial charge in [-0.3, -0.25) is 4.79 Å². The van der Waals surface area contributed by atoms with Crippen molar-refractivity contribution in [1.29, 1.82) is 0 Å². The monoisotopic (exact) mass is 415 g/mol. The normalized spacial score (nSPS) is 10.5. The van der Waals surface area contributed by atoms with Crippen molar-refractivity contribution in [2.45, 2.75) is 71.1 Å². The van der Waals surface area contributed by atoms with E-state index in [1.807, 2.05) is 24.3 Å². The SMILES string of the molecule is CCCCCCCC\C=C/C=C/C=C/CCCC(=O)O.[Ag].[CH3-].[CH3-]. The summed E-state index contributed by atoms with van der Waals surface area (Å²) in [5.74, 6) is -0.716. The van der Waals surface area contributed by atoms with Crippen LogP contribution in [-0.2, 0) is 27.2 Å². The maximum absolute atomic E-state index is 10.3. The van der Waals surface area contributed by atoms with Crippen LogP contribution in [0, 0.1) is 14.9 Å². The van der Waals surface area contributed by atoms with Crippen molar-refractivity contribution in [1.82, 2.24) is 0 Å². The van der Waals surface area contributed by atoms with Crippen molar-refractivity contribution < 1.29 is 32.3 Å². The van der Waals surface area contributed by atoms with Crippen molar-refractivity contribution in [3.05, 3.63) is 51.3 Å². The summed E-state index contributed by atoms with van der Waals surface area (Å²) in [6.07, 6.45) is 23.4. The molecule has 0 saturated carbocycles. The predicted octanol–water partition coefficient (Wildman–Crippen LogP) is 6.56. The quantitative estimate of drug-likeness (QED) is 0.160. The Balaban J connectivity index is -0.000000602. The molecule has 141 valence electrons. The number of allylic oxidation sites excluding steroid dienone is 6. The van der Waals surface area contributed by atoms with Crippen molar-refractivity contribution >= 4 is 5.97 Å². The van der Waals surface area contributed by atoms with Crippen LogP contribution in [0.5, 0.6) is 0 Å². The van der Waals surface area contributed by atoms with Gasteiger partial charge in [-0.05, 0) is 25.7 Å². The summed E-state index contributed by atoms with van der Waals surface area (Å²) in [5.41, 5.74) is 0.